The molecule has 0 aromatic heterocycles. The fourth-order valence-electron chi connectivity index (χ4n) is 2.27. The second kappa shape index (κ2) is 5.82. The van der Waals surface area contributed by atoms with Gasteiger partial charge in [0.05, 0.1) is 10.6 Å². The fraction of sp³-hybridized carbons (Fsp3) is 0.0588. The highest BCUT2D eigenvalue weighted by Gasteiger charge is 2.16. The number of fused-ring (bicyclic) bond motifs is 1. The SMILES string of the molecule is O=S(=O)(Cc1ccc(F)cc1)c1ccc2cc(Br)ccc2c1. The van der Waals surface area contributed by atoms with Gasteiger partial charge in [0.25, 0.3) is 0 Å². The van der Waals surface area contributed by atoms with Crippen LogP contribution in [0.25, 0.3) is 10.8 Å². The van der Waals surface area contributed by atoms with Crippen molar-refractivity contribution in [3.63, 3.8) is 0 Å². The molecule has 0 N–H and O–H groups in total. The number of benzene rings is 3. The van der Waals surface area contributed by atoms with Crippen LogP contribution in [-0.4, -0.2) is 8.42 Å². The van der Waals surface area contributed by atoms with E-state index in [0.717, 1.165) is 15.2 Å². The van der Waals surface area contributed by atoms with E-state index in [4.69, 9.17) is 0 Å². The van der Waals surface area contributed by atoms with E-state index in [1.165, 1.54) is 24.3 Å². The molecule has 0 unspecified atom stereocenters. The highest BCUT2D eigenvalue weighted by Crippen LogP contribution is 2.24. The lowest BCUT2D eigenvalue weighted by molar-refractivity contribution is 0.595. The Morgan fingerprint density at radius 1 is 0.864 bits per heavy atom. The summed E-state index contributed by atoms with van der Waals surface area (Å²) in [5, 5.41) is 1.83. The molecule has 5 heteroatoms. The molecule has 0 bridgehead atoms. The molecule has 3 aromatic carbocycles. The van der Waals surface area contributed by atoms with Gasteiger partial charge in [-0.05, 0) is 52.7 Å². The summed E-state index contributed by atoms with van der Waals surface area (Å²) >= 11 is 3.39. The van der Waals surface area contributed by atoms with Gasteiger partial charge in [-0.25, -0.2) is 12.8 Å². The first-order valence-corrected chi connectivity index (χ1v) is 9.05. The van der Waals surface area contributed by atoms with Gasteiger partial charge in [-0.3, -0.25) is 0 Å². The van der Waals surface area contributed by atoms with E-state index in [-0.39, 0.29) is 16.5 Å². The predicted octanol–water partition coefficient (Wildman–Crippen LogP) is 4.72. The number of hydrogen-bond acceptors (Lipinski definition) is 2. The van der Waals surface area contributed by atoms with Crippen LogP contribution >= 0.6 is 15.9 Å². The molecule has 0 saturated heterocycles. The smallest absolute Gasteiger partial charge is 0.182 e. The van der Waals surface area contributed by atoms with Crippen LogP contribution in [0.4, 0.5) is 4.39 Å². The molecule has 0 aliphatic rings. The first-order chi connectivity index (χ1) is 10.4. The molecule has 2 nitrogen and oxygen atoms in total. The van der Waals surface area contributed by atoms with Crippen molar-refractivity contribution in [1.29, 1.82) is 0 Å². The van der Waals surface area contributed by atoms with E-state index >= 15 is 0 Å². The zero-order valence-electron chi connectivity index (χ0n) is 11.5. The number of halogens is 2. The Kier molecular flexibility index (Phi) is 4.02. The largest absolute Gasteiger partial charge is 0.223 e. The number of rotatable bonds is 3. The van der Waals surface area contributed by atoms with Gasteiger partial charge in [0, 0.05) is 4.47 Å². The van der Waals surface area contributed by atoms with Crippen LogP contribution in [0.2, 0.25) is 0 Å². The molecule has 0 radical (unpaired) electrons. The first kappa shape index (κ1) is 15.2. The molecule has 0 amide bonds. The molecule has 0 saturated carbocycles. The van der Waals surface area contributed by atoms with Crippen molar-refractivity contribution in [3.8, 4) is 0 Å². The lowest BCUT2D eigenvalue weighted by Crippen LogP contribution is -2.05. The van der Waals surface area contributed by atoms with E-state index in [2.05, 4.69) is 15.9 Å². The van der Waals surface area contributed by atoms with Crippen molar-refractivity contribution in [3.05, 3.63) is 76.5 Å². The highest BCUT2D eigenvalue weighted by atomic mass is 79.9. The molecule has 22 heavy (non-hydrogen) atoms. The third kappa shape index (κ3) is 3.20. The van der Waals surface area contributed by atoms with Crippen molar-refractivity contribution in [2.24, 2.45) is 0 Å². The third-order valence-corrected chi connectivity index (χ3v) is 5.58. The van der Waals surface area contributed by atoms with Crippen LogP contribution in [0, 0.1) is 5.82 Å². The Hall–Kier alpha value is -1.72. The minimum absolute atomic E-state index is 0.144. The second-order valence-electron chi connectivity index (χ2n) is 5.04. The maximum Gasteiger partial charge on any atom is 0.182 e. The van der Waals surface area contributed by atoms with E-state index in [9.17, 15) is 12.8 Å². The average Bonchev–Trinajstić information content (AvgIpc) is 2.49. The summed E-state index contributed by atoms with van der Waals surface area (Å²) in [6, 6.07) is 16.3. The lowest BCUT2D eigenvalue weighted by Gasteiger charge is -2.07. The minimum atomic E-state index is -3.46. The van der Waals surface area contributed by atoms with Gasteiger partial charge in [-0.2, -0.15) is 0 Å². The Morgan fingerprint density at radius 2 is 1.50 bits per heavy atom. The van der Waals surface area contributed by atoms with E-state index in [1.54, 1.807) is 18.2 Å². The molecular weight excluding hydrogens is 367 g/mol. The first-order valence-electron chi connectivity index (χ1n) is 6.61. The summed E-state index contributed by atoms with van der Waals surface area (Å²) in [7, 11) is -3.46. The summed E-state index contributed by atoms with van der Waals surface area (Å²) in [5.41, 5.74) is 0.567. The van der Waals surface area contributed by atoms with Gasteiger partial charge in [-0.15, -0.1) is 0 Å². The summed E-state index contributed by atoms with van der Waals surface area (Å²) < 4.78 is 38.8. The Morgan fingerprint density at radius 3 is 2.23 bits per heavy atom. The molecular formula is C17H12BrFO2S. The van der Waals surface area contributed by atoms with Gasteiger partial charge in [0.2, 0.25) is 0 Å². The molecule has 0 heterocycles. The molecule has 0 aliphatic carbocycles. The molecule has 3 rings (SSSR count). The summed E-state index contributed by atoms with van der Waals surface area (Å²) in [6.07, 6.45) is 0. The van der Waals surface area contributed by atoms with E-state index in [1.807, 2.05) is 18.2 Å². The average molecular weight is 379 g/mol. The van der Waals surface area contributed by atoms with Crippen molar-refractivity contribution in [2.45, 2.75) is 10.6 Å². The quantitative estimate of drug-likeness (QED) is 0.660. The van der Waals surface area contributed by atoms with Gasteiger partial charge in [0.15, 0.2) is 9.84 Å². The third-order valence-electron chi connectivity index (χ3n) is 3.40. The minimum Gasteiger partial charge on any atom is -0.223 e. The zero-order valence-corrected chi connectivity index (χ0v) is 13.9. The van der Waals surface area contributed by atoms with Gasteiger partial charge in [0.1, 0.15) is 5.82 Å². The van der Waals surface area contributed by atoms with Crippen LogP contribution in [0.3, 0.4) is 0 Å². The van der Waals surface area contributed by atoms with E-state index in [0.29, 0.717) is 5.56 Å². The topological polar surface area (TPSA) is 34.1 Å². The normalized spacial score (nSPS) is 11.7. The maximum absolute atomic E-state index is 12.9. The standard InChI is InChI=1S/C17H12BrFO2S/c18-15-5-3-14-10-17(8-4-13(14)9-15)22(20,21)11-12-1-6-16(19)7-2-12/h1-10H,11H2. The Balaban J connectivity index is 1.97. The molecule has 0 spiro atoms. The molecule has 3 aromatic rings. The molecule has 112 valence electrons. The summed E-state index contributed by atoms with van der Waals surface area (Å²) in [6.45, 7) is 0. The van der Waals surface area contributed by atoms with Gasteiger partial charge in [-0.1, -0.05) is 40.2 Å². The fourth-order valence-corrected chi connectivity index (χ4v) is 4.03. The van der Waals surface area contributed by atoms with Crippen LogP contribution < -0.4 is 0 Å². The highest BCUT2D eigenvalue weighted by molar-refractivity contribution is 9.10. The molecule has 0 aliphatic heterocycles. The zero-order chi connectivity index (χ0) is 15.7. The maximum atomic E-state index is 12.9. The van der Waals surface area contributed by atoms with E-state index < -0.39 is 9.84 Å². The van der Waals surface area contributed by atoms with Crippen molar-refractivity contribution in [1.82, 2.24) is 0 Å². The number of sulfone groups is 1. The van der Waals surface area contributed by atoms with Crippen LogP contribution in [0.5, 0.6) is 0 Å². The second-order valence-corrected chi connectivity index (χ2v) is 7.94. The predicted molar refractivity (Wildman–Crippen MR) is 88.9 cm³/mol. The Labute approximate surface area is 136 Å². The molecule has 0 fully saturated rings. The van der Waals surface area contributed by atoms with Crippen molar-refractivity contribution in [2.75, 3.05) is 0 Å². The summed E-state index contributed by atoms with van der Waals surface area (Å²) in [4.78, 5) is 0.270. The number of hydrogen-bond donors (Lipinski definition) is 0. The van der Waals surface area contributed by atoms with Crippen LogP contribution in [0.15, 0.2) is 70.0 Å². The Bertz CT molecular complexity index is 935. The van der Waals surface area contributed by atoms with Crippen LogP contribution in [0.1, 0.15) is 5.56 Å². The van der Waals surface area contributed by atoms with Gasteiger partial charge < -0.3 is 0 Å². The van der Waals surface area contributed by atoms with Crippen molar-refractivity contribution < 1.29 is 12.8 Å². The van der Waals surface area contributed by atoms with Gasteiger partial charge >= 0.3 is 0 Å². The lowest BCUT2D eigenvalue weighted by atomic mass is 10.1. The monoisotopic (exact) mass is 378 g/mol. The summed E-state index contributed by atoms with van der Waals surface area (Å²) in [5.74, 6) is -0.521. The molecule has 0 atom stereocenters. The van der Waals surface area contributed by atoms with Crippen molar-refractivity contribution >= 4 is 36.5 Å². The van der Waals surface area contributed by atoms with Crippen LogP contribution in [-0.2, 0) is 15.6 Å².